The fourth-order valence-electron chi connectivity index (χ4n) is 5.02. The second kappa shape index (κ2) is 5.10. The van der Waals surface area contributed by atoms with Crippen molar-refractivity contribution in [2.24, 2.45) is 23.7 Å². The Bertz CT molecular complexity index is 349. The lowest BCUT2D eigenvalue weighted by molar-refractivity contribution is -0.154. The Morgan fingerprint density at radius 2 is 2.16 bits per heavy atom. The molecule has 4 unspecified atom stereocenters. The number of rotatable bonds is 5. The topological polar surface area (TPSA) is 26.3 Å². The van der Waals surface area contributed by atoms with Crippen LogP contribution in [0.4, 0.5) is 0 Å². The van der Waals surface area contributed by atoms with Crippen molar-refractivity contribution in [2.75, 3.05) is 0 Å². The van der Waals surface area contributed by atoms with Crippen molar-refractivity contribution in [3.63, 3.8) is 0 Å². The quantitative estimate of drug-likeness (QED) is 0.546. The van der Waals surface area contributed by atoms with Crippen LogP contribution in [0.3, 0.4) is 0 Å². The van der Waals surface area contributed by atoms with Crippen LogP contribution in [0.25, 0.3) is 0 Å². The van der Waals surface area contributed by atoms with Crippen LogP contribution in [0, 0.1) is 23.7 Å². The van der Waals surface area contributed by atoms with Crippen LogP contribution < -0.4 is 0 Å². The Kier molecular flexibility index (Phi) is 3.61. The summed E-state index contributed by atoms with van der Waals surface area (Å²) in [6, 6.07) is 0. The lowest BCUT2D eigenvalue weighted by Gasteiger charge is -2.37. The summed E-state index contributed by atoms with van der Waals surface area (Å²) in [6.07, 6.45) is 11.1. The smallest absolute Gasteiger partial charge is 0.306 e. The lowest BCUT2D eigenvalue weighted by atomic mass is 9.74. The first kappa shape index (κ1) is 13.5. The molecular weight excluding hydrogens is 236 g/mol. The van der Waals surface area contributed by atoms with Gasteiger partial charge in [-0.05, 0) is 43.4 Å². The third-order valence-corrected chi connectivity index (χ3v) is 5.78. The van der Waals surface area contributed by atoms with Gasteiger partial charge >= 0.3 is 5.97 Å². The van der Waals surface area contributed by atoms with E-state index in [-0.39, 0.29) is 11.6 Å². The molecule has 2 heteroatoms. The molecule has 1 saturated heterocycles. The van der Waals surface area contributed by atoms with Gasteiger partial charge in [0.25, 0.3) is 0 Å². The Labute approximate surface area is 117 Å². The van der Waals surface area contributed by atoms with E-state index in [1.165, 1.54) is 44.9 Å². The zero-order valence-corrected chi connectivity index (χ0v) is 12.5. The minimum atomic E-state index is -0.0112. The van der Waals surface area contributed by atoms with Gasteiger partial charge in [0.05, 0.1) is 0 Å². The van der Waals surface area contributed by atoms with Crippen molar-refractivity contribution in [1.82, 2.24) is 0 Å². The summed E-state index contributed by atoms with van der Waals surface area (Å²) in [4.78, 5) is 11.5. The number of hydrogen-bond acceptors (Lipinski definition) is 2. The van der Waals surface area contributed by atoms with Crippen LogP contribution in [0.1, 0.15) is 71.6 Å². The maximum Gasteiger partial charge on any atom is 0.306 e. The molecule has 2 saturated carbocycles. The van der Waals surface area contributed by atoms with Crippen molar-refractivity contribution in [1.29, 1.82) is 0 Å². The number of hydrogen-bond donors (Lipinski definition) is 0. The number of carbonyl (C=O) groups excluding carboxylic acids is 1. The first-order valence-electron chi connectivity index (χ1n) is 8.31. The molecule has 2 bridgehead atoms. The zero-order valence-electron chi connectivity index (χ0n) is 12.5. The van der Waals surface area contributed by atoms with Crippen LogP contribution in [-0.4, -0.2) is 11.6 Å². The van der Waals surface area contributed by atoms with Crippen LogP contribution in [0.15, 0.2) is 0 Å². The average Bonchev–Trinajstić information content (AvgIpc) is 2.99. The summed E-state index contributed by atoms with van der Waals surface area (Å²) in [5, 5.41) is 0. The normalized spacial score (nSPS) is 40.6. The number of unbranched alkanes of at least 4 members (excludes halogenated alkanes) is 1. The molecule has 0 aromatic carbocycles. The molecule has 3 fully saturated rings. The molecule has 0 aromatic heterocycles. The van der Waals surface area contributed by atoms with E-state index in [1.807, 2.05) is 0 Å². The van der Waals surface area contributed by atoms with Crippen LogP contribution in [-0.2, 0) is 9.53 Å². The maximum atomic E-state index is 11.5. The lowest BCUT2D eigenvalue weighted by Crippen LogP contribution is -2.39. The van der Waals surface area contributed by atoms with Crippen molar-refractivity contribution in [3.05, 3.63) is 0 Å². The summed E-state index contributed by atoms with van der Waals surface area (Å²) < 4.78 is 5.78. The first-order chi connectivity index (χ1) is 9.09. The summed E-state index contributed by atoms with van der Waals surface area (Å²) in [5.41, 5.74) is -0.0112. The van der Waals surface area contributed by atoms with Crippen LogP contribution in [0.5, 0.6) is 0 Å². The van der Waals surface area contributed by atoms with E-state index >= 15 is 0 Å². The first-order valence-corrected chi connectivity index (χ1v) is 8.31. The molecule has 0 amide bonds. The summed E-state index contributed by atoms with van der Waals surface area (Å²) in [5.74, 6) is 3.29. The van der Waals surface area contributed by atoms with Crippen molar-refractivity contribution in [3.8, 4) is 0 Å². The predicted molar refractivity (Wildman–Crippen MR) is 75.7 cm³/mol. The van der Waals surface area contributed by atoms with Gasteiger partial charge in [0, 0.05) is 12.3 Å². The zero-order chi connectivity index (χ0) is 13.5. The summed E-state index contributed by atoms with van der Waals surface area (Å²) >= 11 is 0. The van der Waals surface area contributed by atoms with Crippen molar-refractivity contribution >= 4 is 5.97 Å². The third-order valence-electron chi connectivity index (χ3n) is 5.78. The minimum Gasteiger partial charge on any atom is -0.459 e. The van der Waals surface area contributed by atoms with E-state index in [2.05, 4.69) is 13.8 Å². The van der Waals surface area contributed by atoms with E-state index < -0.39 is 0 Å². The number of esters is 1. The molecule has 3 rings (SSSR count). The number of ether oxygens (including phenoxy) is 1. The van der Waals surface area contributed by atoms with E-state index in [9.17, 15) is 4.79 Å². The Hall–Kier alpha value is -0.530. The van der Waals surface area contributed by atoms with Gasteiger partial charge in [0.2, 0.25) is 0 Å². The maximum absolute atomic E-state index is 11.5. The van der Waals surface area contributed by atoms with Crippen molar-refractivity contribution in [2.45, 2.75) is 77.2 Å². The van der Waals surface area contributed by atoms with Crippen LogP contribution >= 0.6 is 0 Å². The average molecular weight is 264 g/mol. The fraction of sp³-hybridized carbons (Fsp3) is 0.941. The van der Waals surface area contributed by atoms with E-state index in [4.69, 9.17) is 4.74 Å². The van der Waals surface area contributed by atoms with Gasteiger partial charge in [0.1, 0.15) is 5.60 Å². The van der Waals surface area contributed by atoms with E-state index in [0.29, 0.717) is 12.3 Å². The highest BCUT2D eigenvalue weighted by Crippen LogP contribution is 2.60. The van der Waals surface area contributed by atoms with Gasteiger partial charge < -0.3 is 4.74 Å². The van der Waals surface area contributed by atoms with Gasteiger partial charge in [-0.15, -0.1) is 0 Å². The summed E-state index contributed by atoms with van der Waals surface area (Å²) in [6.45, 7) is 4.62. The molecule has 0 N–H and O–H groups in total. The highest BCUT2D eigenvalue weighted by atomic mass is 16.6. The van der Waals surface area contributed by atoms with Gasteiger partial charge in [-0.1, -0.05) is 39.5 Å². The Balaban J connectivity index is 1.53. The molecular formula is C17H28O2. The summed E-state index contributed by atoms with van der Waals surface area (Å²) in [7, 11) is 0. The number of fused-ring (bicyclic) bond motifs is 3. The molecule has 108 valence electrons. The van der Waals surface area contributed by atoms with Crippen LogP contribution in [0.2, 0.25) is 0 Å². The highest BCUT2D eigenvalue weighted by molar-refractivity contribution is 5.72. The van der Waals surface area contributed by atoms with Gasteiger partial charge in [0.15, 0.2) is 0 Å². The fourth-order valence-corrected chi connectivity index (χ4v) is 5.02. The van der Waals surface area contributed by atoms with Gasteiger partial charge in [-0.2, -0.15) is 0 Å². The second-order valence-corrected chi connectivity index (χ2v) is 7.63. The van der Waals surface area contributed by atoms with E-state index in [0.717, 1.165) is 24.2 Å². The molecule has 3 aliphatic rings. The monoisotopic (exact) mass is 264 g/mol. The standard InChI is InChI=1S/C17H28O2/c1-12(2)5-3-4-6-14-9-13-10-15(14)17(11-13)8-7-16(18)19-17/h12-15H,3-11H2,1-2H3. The molecule has 2 nitrogen and oxygen atoms in total. The van der Waals surface area contributed by atoms with E-state index in [1.54, 1.807) is 0 Å². The molecule has 1 heterocycles. The second-order valence-electron chi connectivity index (χ2n) is 7.63. The molecule has 0 aromatic rings. The Morgan fingerprint density at radius 1 is 1.32 bits per heavy atom. The molecule has 1 aliphatic heterocycles. The molecule has 1 spiro atoms. The molecule has 2 aliphatic carbocycles. The largest absolute Gasteiger partial charge is 0.459 e. The van der Waals surface area contributed by atoms with Gasteiger partial charge in [-0.3, -0.25) is 4.79 Å². The molecule has 4 atom stereocenters. The highest BCUT2D eigenvalue weighted by Gasteiger charge is 2.59. The predicted octanol–water partition coefficient (Wildman–Crippen LogP) is 4.32. The van der Waals surface area contributed by atoms with Gasteiger partial charge in [-0.25, -0.2) is 0 Å². The third kappa shape index (κ3) is 2.55. The molecule has 0 radical (unpaired) electrons. The van der Waals surface area contributed by atoms with Crippen molar-refractivity contribution < 1.29 is 9.53 Å². The number of carbonyl (C=O) groups is 1. The molecule has 19 heavy (non-hydrogen) atoms. The Morgan fingerprint density at radius 3 is 2.79 bits per heavy atom. The SMILES string of the molecule is CC(C)CCCCC1CC2CC1C1(CCC(=O)O1)C2. The minimum absolute atomic E-state index is 0.0112.